The average Bonchev–Trinajstić information content (AvgIpc) is 3.25. The lowest BCUT2D eigenvalue weighted by Gasteiger charge is -2.17. The first-order valence-electron chi connectivity index (χ1n) is 11.0. The molecule has 1 saturated heterocycles. The van der Waals surface area contributed by atoms with E-state index in [0.29, 0.717) is 27.8 Å². The summed E-state index contributed by atoms with van der Waals surface area (Å²) in [5, 5.41) is 4.18. The highest BCUT2D eigenvalue weighted by Crippen LogP contribution is 2.23. The van der Waals surface area contributed by atoms with Gasteiger partial charge in [0.05, 0.1) is 12.5 Å². The zero-order valence-electron chi connectivity index (χ0n) is 19.0. The molecule has 2 N–H and O–H groups in total. The van der Waals surface area contributed by atoms with Gasteiger partial charge in [0.1, 0.15) is 11.5 Å². The molecular weight excluding hydrogens is 486 g/mol. The Labute approximate surface area is 211 Å². The number of ether oxygens (including phenoxy) is 2. The van der Waals surface area contributed by atoms with Crippen molar-refractivity contribution in [3.63, 3.8) is 0 Å². The highest BCUT2D eigenvalue weighted by molar-refractivity contribution is 6.30. The van der Waals surface area contributed by atoms with E-state index in [-0.39, 0.29) is 13.0 Å². The molecule has 1 aliphatic heterocycles. The molecule has 0 aliphatic carbocycles. The van der Waals surface area contributed by atoms with E-state index in [1.807, 2.05) is 30.3 Å². The van der Waals surface area contributed by atoms with Crippen LogP contribution in [0.4, 0.5) is 5.69 Å². The fourth-order valence-corrected chi connectivity index (χ4v) is 3.57. The van der Waals surface area contributed by atoms with E-state index in [9.17, 15) is 19.2 Å². The summed E-state index contributed by atoms with van der Waals surface area (Å²) in [7, 11) is 0. The van der Waals surface area contributed by atoms with Crippen LogP contribution in [0.2, 0.25) is 5.02 Å². The molecule has 0 unspecified atom stereocenters. The molecule has 0 spiro atoms. The molecule has 1 heterocycles. The molecule has 10 heteroatoms. The fraction of sp³-hybridized carbons (Fsp3) is 0.154. The predicted octanol–water partition coefficient (Wildman–Crippen LogP) is 3.81. The number of anilines is 1. The molecule has 0 saturated carbocycles. The normalized spacial score (nSPS) is 14.8. The number of carbonyl (C=O) groups excluding carboxylic acids is 4. The lowest BCUT2D eigenvalue weighted by molar-refractivity contribution is -0.151. The van der Waals surface area contributed by atoms with Crippen molar-refractivity contribution in [1.29, 1.82) is 0 Å². The summed E-state index contributed by atoms with van der Waals surface area (Å²) in [5.74, 6) is -1.68. The van der Waals surface area contributed by atoms with E-state index in [1.54, 1.807) is 36.4 Å². The number of para-hydroxylation sites is 1. The molecule has 0 bridgehead atoms. The minimum Gasteiger partial charge on any atom is -0.457 e. The number of benzene rings is 3. The SMILES string of the molecule is O=C(COC(=O)[C@H]1CC(=O)N(NC(=O)c2ccc(Cl)cc2)C1)Nc1ccc(Oc2ccccc2)cc1. The first-order chi connectivity index (χ1) is 17.4. The number of rotatable bonds is 8. The Morgan fingerprint density at radius 1 is 0.917 bits per heavy atom. The van der Waals surface area contributed by atoms with Crippen LogP contribution in [0.15, 0.2) is 78.9 Å². The summed E-state index contributed by atoms with van der Waals surface area (Å²) in [4.78, 5) is 49.1. The Morgan fingerprint density at radius 3 is 2.28 bits per heavy atom. The third-order valence-corrected chi connectivity index (χ3v) is 5.52. The molecule has 0 radical (unpaired) electrons. The minimum absolute atomic E-state index is 0.0541. The maximum atomic E-state index is 12.4. The third-order valence-electron chi connectivity index (χ3n) is 5.26. The maximum absolute atomic E-state index is 12.4. The second kappa shape index (κ2) is 11.4. The van der Waals surface area contributed by atoms with E-state index in [1.165, 1.54) is 12.1 Å². The van der Waals surface area contributed by atoms with Gasteiger partial charge in [0, 0.05) is 22.7 Å². The number of hydrogen-bond donors (Lipinski definition) is 2. The van der Waals surface area contributed by atoms with Gasteiger partial charge in [0.25, 0.3) is 11.8 Å². The van der Waals surface area contributed by atoms with E-state index in [0.717, 1.165) is 5.01 Å². The van der Waals surface area contributed by atoms with Crippen LogP contribution in [0.25, 0.3) is 0 Å². The Kier molecular flexibility index (Phi) is 7.82. The summed E-state index contributed by atoms with van der Waals surface area (Å²) in [6, 6.07) is 22.1. The van der Waals surface area contributed by atoms with Crippen LogP contribution in [-0.2, 0) is 19.1 Å². The van der Waals surface area contributed by atoms with Gasteiger partial charge in [0.2, 0.25) is 5.91 Å². The van der Waals surface area contributed by atoms with Gasteiger partial charge in [-0.05, 0) is 60.7 Å². The highest BCUT2D eigenvalue weighted by Gasteiger charge is 2.36. The number of hydrogen-bond acceptors (Lipinski definition) is 6. The monoisotopic (exact) mass is 507 g/mol. The van der Waals surface area contributed by atoms with Gasteiger partial charge in [-0.2, -0.15) is 0 Å². The Balaban J connectivity index is 1.21. The minimum atomic E-state index is -0.801. The molecule has 0 aromatic heterocycles. The van der Waals surface area contributed by atoms with E-state index >= 15 is 0 Å². The summed E-state index contributed by atoms with van der Waals surface area (Å²) >= 11 is 5.81. The van der Waals surface area contributed by atoms with Crippen molar-refractivity contribution in [3.8, 4) is 11.5 Å². The first kappa shape index (κ1) is 24.7. The molecular formula is C26H22ClN3O6. The van der Waals surface area contributed by atoms with Gasteiger partial charge in [-0.1, -0.05) is 29.8 Å². The summed E-state index contributed by atoms with van der Waals surface area (Å²) in [5.41, 5.74) is 3.29. The molecule has 1 atom stereocenters. The number of nitrogens with one attached hydrogen (secondary N) is 2. The lowest BCUT2D eigenvalue weighted by atomic mass is 10.1. The molecule has 9 nitrogen and oxygen atoms in total. The van der Waals surface area contributed by atoms with Gasteiger partial charge in [-0.25, -0.2) is 0 Å². The van der Waals surface area contributed by atoms with Gasteiger partial charge in [0.15, 0.2) is 6.61 Å². The molecule has 3 aromatic carbocycles. The number of esters is 1. The standard InChI is InChI=1S/C26H22ClN3O6/c27-19-8-6-17(7-9-19)25(33)29-30-15-18(14-24(30)32)26(34)35-16-23(31)28-20-10-12-22(13-11-20)36-21-4-2-1-3-5-21/h1-13,18H,14-16H2,(H,28,31)(H,29,33)/t18-/m0/s1. The smallest absolute Gasteiger partial charge is 0.311 e. The van der Waals surface area contributed by atoms with Crippen molar-refractivity contribution in [2.45, 2.75) is 6.42 Å². The Morgan fingerprint density at radius 2 is 1.58 bits per heavy atom. The van der Waals surface area contributed by atoms with Crippen LogP contribution in [0, 0.1) is 5.92 Å². The molecule has 184 valence electrons. The lowest BCUT2D eigenvalue weighted by Crippen LogP contribution is -2.43. The number of hydrazine groups is 1. The van der Waals surface area contributed by atoms with Gasteiger partial charge in [-0.15, -0.1) is 0 Å². The van der Waals surface area contributed by atoms with Crippen molar-refractivity contribution in [1.82, 2.24) is 10.4 Å². The maximum Gasteiger partial charge on any atom is 0.311 e. The number of nitrogens with zero attached hydrogens (tertiary/aromatic N) is 1. The predicted molar refractivity (Wildman–Crippen MR) is 131 cm³/mol. The van der Waals surface area contributed by atoms with Crippen LogP contribution in [0.5, 0.6) is 11.5 Å². The summed E-state index contributed by atoms with van der Waals surface area (Å²) in [6.07, 6.45) is -0.135. The third kappa shape index (κ3) is 6.61. The number of halogens is 1. The summed E-state index contributed by atoms with van der Waals surface area (Å²) in [6.45, 7) is -0.565. The molecule has 1 aliphatic rings. The molecule has 1 fully saturated rings. The molecule has 3 amide bonds. The zero-order valence-corrected chi connectivity index (χ0v) is 19.7. The van der Waals surface area contributed by atoms with Gasteiger partial charge >= 0.3 is 5.97 Å². The van der Waals surface area contributed by atoms with Crippen molar-refractivity contribution in [2.75, 3.05) is 18.5 Å². The van der Waals surface area contributed by atoms with Gasteiger partial charge in [-0.3, -0.25) is 29.6 Å². The second-order valence-corrected chi connectivity index (χ2v) is 8.39. The largest absolute Gasteiger partial charge is 0.457 e. The quantitative estimate of drug-likeness (QED) is 0.448. The van der Waals surface area contributed by atoms with Crippen molar-refractivity contribution in [3.05, 3.63) is 89.4 Å². The van der Waals surface area contributed by atoms with E-state index in [2.05, 4.69) is 10.7 Å². The molecule has 36 heavy (non-hydrogen) atoms. The van der Waals surface area contributed by atoms with Crippen LogP contribution >= 0.6 is 11.6 Å². The van der Waals surface area contributed by atoms with Crippen molar-refractivity contribution >= 4 is 41.0 Å². The Hall–Kier alpha value is -4.37. The zero-order chi connectivity index (χ0) is 25.5. The highest BCUT2D eigenvalue weighted by atomic mass is 35.5. The van der Waals surface area contributed by atoms with Crippen LogP contribution in [0.1, 0.15) is 16.8 Å². The van der Waals surface area contributed by atoms with Crippen LogP contribution in [-0.4, -0.2) is 41.9 Å². The Bertz CT molecular complexity index is 1250. The molecule has 3 aromatic rings. The van der Waals surface area contributed by atoms with E-state index < -0.39 is 36.2 Å². The summed E-state index contributed by atoms with van der Waals surface area (Å²) < 4.78 is 10.8. The van der Waals surface area contributed by atoms with Crippen molar-refractivity contribution in [2.24, 2.45) is 5.92 Å². The second-order valence-electron chi connectivity index (χ2n) is 7.95. The molecule has 4 rings (SSSR count). The number of carbonyl (C=O) groups is 4. The first-order valence-corrected chi connectivity index (χ1v) is 11.4. The van der Waals surface area contributed by atoms with Gasteiger partial charge < -0.3 is 14.8 Å². The average molecular weight is 508 g/mol. The number of amides is 3. The van der Waals surface area contributed by atoms with Crippen LogP contribution in [0.3, 0.4) is 0 Å². The van der Waals surface area contributed by atoms with Crippen LogP contribution < -0.4 is 15.5 Å². The van der Waals surface area contributed by atoms with E-state index in [4.69, 9.17) is 21.1 Å². The van der Waals surface area contributed by atoms with Crippen molar-refractivity contribution < 1.29 is 28.7 Å². The topological polar surface area (TPSA) is 114 Å². The fourth-order valence-electron chi connectivity index (χ4n) is 3.44.